The molecule has 0 amide bonds. The van der Waals surface area contributed by atoms with Crippen molar-refractivity contribution in [3.05, 3.63) is 0 Å². The fourth-order valence-electron chi connectivity index (χ4n) is 1.70. The quantitative estimate of drug-likeness (QED) is 0.755. The molecule has 2 N–H and O–H groups in total. The smallest absolute Gasteiger partial charge is 0.0115 e. The van der Waals surface area contributed by atoms with E-state index in [0.29, 0.717) is 23.5 Å². The van der Waals surface area contributed by atoms with Gasteiger partial charge in [-0.1, -0.05) is 20.8 Å². The van der Waals surface area contributed by atoms with E-state index in [0.717, 1.165) is 6.42 Å². The predicted molar refractivity (Wildman–Crippen MR) is 64.4 cm³/mol. The van der Waals surface area contributed by atoms with Crippen molar-refractivity contribution in [2.75, 3.05) is 7.05 Å². The molecule has 0 aromatic carbocycles. The summed E-state index contributed by atoms with van der Waals surface area (Å²) in [6, 6.07) is 1.43. The third-order valence-electron chi connectivity index (χ3n) is 3.27. The van der Waals surface area contributed by atoms with Crippen LogP contribution in [0.25, 0.3) is 0 Å². The summed E-state index contributed by atoms with van der Waals surface area (Å²) < 4.78 is 0. The third-order valence-corrected chi connectivity index (χ3v) is 3.27. The van der Waals surface area contributed by atoms with Gasteiger partial charge >= 0.3 is 0 Å². The Bertz CT molecular complexity index is 158. The molecular formula is C12H28N2. The zero-order chi connectivity index (χ0) is 11.5. The van der Waals surface area contributed by atoms with Gasteiger partial charge in [0.05, 0.1) is 0 Å². The number of rotatable bonds is 4. The van der Waals surface area contributed by atoms with Gasteiger partial charge in [-0.2, -0.15) is 0 Å². The topological polar surface area (TPSA) is 29.3 Å². The molecule has 0 rings (SSSR count). The van der Waals surface area contributed by atoms with E-state index >= 15 is 0 Å². The molecule has 0 fully saturated rings. The highest BCUT2D eigenvalue weighted by Gasteiger charge is 2.26. The van der Waals surface area contributed by atoms with E-state index in [-0.39, 0.29) is 0 Å². The summed E-state index contributed by atoms with van der Waals surface area (Å²) in [7, 11) is 2.20. The minimum Gasteiger partial charge on any atom is -0.328 e. The molecule has 14 heavy (non-hydrogen) atoms. The van der Waals surface area contributed by atoms with Crippen LogP contribution >= 0.6 is 0 Å². The molecule has 86 valence electrons. The molecule has 0 saturated heterocycles. The Morgan fingerprint density at radius 3 is 1.86 bits per heavy atom. The molecule has 3 atom stereocenters. The maximum atomic E-state index is 5.81. The first-order valence-electron chi connectivity index (χ1n) is 5.63. The van der Waals surface area contributed by atoms with Crippen LogP contribution in [0.15, 0.2) is 0 Å². The molecule has 0 aromatic heterocycles. The predicted octanol–water partition coefficient (Wildman–Crippen LogP) is 2.48. The first-order valence-corrected chi connectivity index (χ1v) is 5.63. The van der Waals surface area contributed by atoms with Crippen LogP contribution in [0.5, 0.6) is 0 Å². The molecule has 3 unspecified atom stereocenters. The first kappa shape index (κ1) is 13.9. The molecule has 0 heterocycles. The number of nitrogens with zero attached hydrogens (tertiary/aromatic N) is 1. The molecule has 0 bridgehead atoms. The Kier molecular flexibility index (Phi) is 5.10. The van der Waals surface area contributed by atoms with E-state index in [1.54, 1.807) is 0 Å². The van der Waals surface area contributed by atoms with Crippen molar-refractivity contribution in [1.29, 1.82) is 0 Å². The van der Waals surface area contributed by atoms with Crippen LogP contribution < -0.4 is 5.73 Å². The lowest BCUT2D eigenvalue weighted by Gasteiger charge is -2.39. The van der Waals surface area contributed by atoms with Gasteiger partial charge in [-0.15, -0.1) is 0 Å². The van der Waals surface area contributed by atoms with Crippen molar-refractivity contribution >= 4 is 0 Å². The molecule has 2 heteroatoms. The van der Waals surface area contributed by atoms with Gasteiger partial charge in [0.25, 0.3) is 0 Å². The second kappa shape index (κ2) is 5.13. The highest BCUT2D eigenvalue weighted by molar-refractivity contribution is 4.81. The standard InChI is InChI=1S/C12H28N2/c1-9(13)8-10(2)14(7)11(3)12(4,5)6/h9-11H,8,13H2,1-7H3. The lowest BCUT2D eigenvalue weighted by Crippen LogP contribution is -2.45. The zero-order valence-corrected chi connectivity index (χ0v) is 11.0. The molecule has 0 spiro atoms. The maximum Gasteiger partial charge on any atom is 0.0115 e. The summed E-state index contributed by atoms with van der Waals surface area (Å²) in [6.45, 7) is 13.5. The average molecular weight is 200 g/mol. The zero-order valence-electron chi connectivity index (χ0n) is 11.0. The summed E-state index contributed by atoms with van der Waals surface area (Å²) in [4.78, 5) is 2.43. The van der Waals surface area contributed by atoms with Crippen LogP contribution in [0.2, 0.25) is 0 Å². The monoisotopic (exact) mass is 200 g/mol. The average Bonchev–Trinajstić information content (AvgIpc) is 1.98. The Morgan fingerprint density at radius 1 is 1.14 bits per heavy atom. The molecule has 0 saturated carbocycles. The number of nitrogens with two attached hydrogens (primary N) is 1. The van der Waals surface area contributed by atoms with E-state index in [4.69, 9.17) is 5.73 Å². The van der Waals surface area contributed by atoms with E-state index in [2.05, 4.69) is 53.5 Å². The fourth-order valence-corrected chi connectivity index (χ4v) is 1.70. The Morgan fingerprint density at radius 2 is 1.57 bits per heavy atom. The summed E-state index contributed by atoms with van der Waals surface area (Å²) in [5, 5.41) is 0. The third kappa shape index (κ3) is 4.43. The molecule has 0 aliphatic rings. The van der Waals surface area contributed by atoms with Gasteiger partial charge < -0.3 is 10.6 Å². The van der Waals surface area contributed by atoms with Gasteiger partial charge in [0.15, 0.2) is 0 Å². The van der Waals surface area contributed by atoms with Gasteiger partial charge in [-0.3, -0.25) is 0 Å². The van der Waals surface area contributed by atoms with Crippen molar-refractivity contribution in [2.24, 2.45) is 11.1 Å². The van der Waals surface area contributed by atoms with Crippen molar-refractivity contribution < 1.29 is 0 Å². The van der Waals surface area contributed by atoms with Crippen LogP contribution in [0.4, 0.5) is 0 Å². The largest absolute Gasteiger partial charge is 0.328 e. The molecule has 2 nitrogen and oxygen atoms in total. The van der Waals surface area contributed by atoms with Gasteiger partial charge in [-0.25, -0.2) is 0 Å². The number of hydrogen-bond donors (Lipinski definition) is 1. The molecule has 0 radical (unpaired) electrons. The van der Waals surface area contributed by atoms with Crippen molar-refractivity contribution in [3.8, 4) is 0 Å². The Hall–Kier alpha value is -0.0800. The van der Waals surface area contributed by atoms with Gasteiger partial charge in [0.2, 0.25) is 0 Å². The van der Waals surface area contributed by atoms with Gasteiger partial charge in [0, 0.05) is 18.1 Å². The van der Waals surface area contributed by atoms with Crippen molar-refractivity contribution in [3.63, 3.8) is 0 Å². The van der Waals surface area contributed by atoms with E-state index < -0.39 is 0 Å². The summed E-state index contributed by atoms with van der Waals surface area (Å²) in [6.07, 6.45) is 1.07. The SMILES string of the molecule is CC(N)CC(C)N(C)C(C)C(C)(C)C. The summed E-state index contributed by atoms with van der Waals surface area (Å²) >= 11 is 0. The highest BCUT2D eigenvalue weighted by Crippen LogP contribution is 2.25. The molecule has 0 aliphatic carbocycles. The summed E-state index contributed by atoms with van der Waals surface area (Å²) in [5.74, 6) is 0. The Balaban J connectivity index is 4.24. The van der Waals surface area contributed by atoms with E-state index in [1.165, 1.54) is 0 Å². The Labute approximate surface area is 89.9 Å². The van der Waals surface area contributed by atoms with Gasteiger partial charge in [-0.05, 0) is 39.7 Å². The molecule has 0 aromatic rings. The second-order valence-corrected chi connectivity index (χ2v) is 5.77. The molecule has 0 aliphatic heterocycles. The van der Waals surface area contributed by atoms with E-state index in [1.807, 2.05) is 0 Å². The minimum atomic E-state index is 0.291. The van der Waals surface area contributed by atoms with Crippen molar-refractivity contribution in [2.45, 2.75) is 66.1 Å². The van der Waals surface area contributed by atoms with Gasteiger partial charge in [0.1, 0.15) is 0 Å². The lowest BCUT2D eigenvalue weighted by molar-refractivity contribution is 0.0979. The van der Waals surface area contributed by atoms with Crippen LogP contribution in [0, 0.1) is 5.41 Å². The fraction of sp³-hybridized carbons (Fsp3) is 1.00. The van der Waals surface area contributed by atoms with Crippen LogP contribution in [-0.2, 0) is 0 Å². The van der Waals surface area contributed by atoms with E-state index in [9.17, 15) is 0 Å². The minimum absolute atomic E-state index is 0.291. The van der Waals surface area contributed by atoms with Crippen molar-refractivity contribution in [1.82, 2.24) is 4.90 Å². The molecular weight excluding hydrogens is 172 g/mol. The first-order chi connectivity index (χ1) is 6.16. The second-order valence-electron chi connectivity index (χ2n) is 5.77. The number of hydrogen-bond acceptors (Lipinski definition) is 2. The van der Waals surface area contributed by atoms with Crippen LogP contribution in [-0.4, -0.2) is 30.1 Å². The normalized spacial score (nSPS) is 19.5. The highest BCUT2D eigenvalue weighted by atomic mass is 15.2. The lowest BCUT2D eigenvalue weighted by atomic mass is 9.86. The van der Waals surface area contributed by atoms with Crippen LogP contribution in [0.1, 0.15) is 48.0 Å². The van der Waals surface area contributed by atoms with Crippen LogP contribution in [0.3, 0.4) is 0 Å². The maximum absolute atomic E-state index is 5.81. The summed E-state index contributed by atoms with van der Waals surface area (Å²) in [5.41, 5.74) is 6.15.